The molecule has 6 heteroatoms. The van der Waals surface area contributed by atoms with Crippen molar-refractivity contribution >= 4 is 34.8 Å². The van der Waals surface area contributed by atoms with Crippen LogP contribution in [-0.2, 0) is 0 Å². The Labute approximate surface area is 111 Å². The van der Waals surface area contributed by atoms with Crippen LogP contribution >= 0.6 is 23.2 Å². The number of pyridine rings is 1. The number of hydrogen-bond donors (Lipinski definition) is 3. The van der Waals surface area contributed by atoms with Gasteiger partial charge in [0.1, 0.15) is 11.6 Å². The fourth-order valence-corrected chi connectivity index (χ4v) is 1.83. The molecule has 0 spiro atoms. The third-order valence-corrected chi connectivity index (χ3v) is 2.92. The topological polar surface area (TPSA) is 71.2 Å². The summed E-state index contributed by atoms with van der Waals surface area (Å²) in [4.78, 5) is 4.07. The van der Waals surface area contributed by atoms with Gasteiger partial charge in [0.15, 0.2) is 0 Å². The van der Waals surface area contributed by atoms with Crippen LogP contribution in [0.25, 0.3) is 0 Å². The van der Waals surface area contributed by atoms with Gasteiger partial charge in [0.05, 0.1) is 10.0 Å². The van der Waals surface area contributed by atoms with Crippen LogP contribution in [0.2, 0.25) is 10.0 Å². The highest BCUT2D eigenvalue weighted by atomic mass is 35.5. The molecule has 0 fully saturated rings. The molecule has 1 rings (SSSR count). The number of aromatic nitrogens is 1. The first kappa shape index (κ1) is 14.4. The standard InChI is InChI=1S/C11H17Cl2N3O/c12-8-7-9(13)11(16-10(8)14)15-5-3-1-2-4-6-17/h7,17H,1-6H2,(H3,14,15,16). The molecule has 0 radical (unpaired) electrons. The molecule has 1 aromatic heterocycles. The van der Waals surface area contributed by atoms with Gasteiger partial charge in [0, 0.05) is 13.2 Å². The van der Waals surface area contributed by atoms with Gasteiger partial charge in [-0.25, -0.2) is 4.98 Å². The second-order valence-corrected chi connectivity index (χ2v) is 4.56. The van der Waals surface area contributed by atoms with Gasteiger partial charge < -0.3 is 16.2 Å². The maximum absolute atomic E-state index is 8.62. The maximum Gasteiger partial charge on any atom is 0.147 e. The van der Waals surface area contributed by atoms with E-state index in [9.17, 15) is 0 Å². The molecule has 0 amide bonds. The van der Waals surface area contributed by atoms with E-state index < -0.39 is 0 Å². The molecule has 4 nitrogen and oxygen atoms in total. The van der Waals surface area contributed by atoms with Crippen LogP contribution in [0, 0.1) is 0 Å². The van der Waals surface area contributed by atoms with Crippen molar-refractivity contribution in [1.29, 1.82) is 0 Å². The molecule has 0 unspecified atom stereocenters. The number of anilines is 2. The number of aliphatic hydroxyl groups is 1. The van der Waals surface area contributed by atoms with Crippen molar-refractivity contribution in [2.24, 2.45) is 0 Å². The molecule has 0 aliphatic rings. The van der Waals surface area contributed by atoms with Crippen LogP contribution in [0.1, 0.15) is 25.7 Å². The third kappa shape index (κ3) is 4.98. The van der Waals surface area contributed by atoms with Crippen molar-refractivity contribution in [2.75, 3.05) is 24.2 Å². The van der Waals surface area contributed by atoms with Crippen LogP contribution < -0.4 is 11.1 Å². The van der Waals surface area contributed by atoms with Gasteiger partial charge in [-0.15, -0.1) is 0 Å². The highest BCUT2D eigenvalue weighted by Gasteiger charge is 2.06. The summed E-state index contributed by atoms with van der Waals surface area (Å²) in [5, 5.41) is 12.6. The molecule has 96 valence electrons. The highest BCUT2D eigenvalue weighted by Crippen LogP contribution is 2.27. The van der Waals surface area contributed by atoms with Gasteiger partial charge in [-0.05, 0) is 18.9 Å². The molecule has 4 N–H and O–H groups in total. The Hall–Kier alpha value is -0.710. The lowest BCUT2D eigenvalue weighted by Gasteiger charge is -2.08. The van der Waals surface area contributed by atoms with Gasteiger partial charge in [-0.1, -0.05) is 36.0 Å². The van der Waals surface area contributed by atoms with E-state index in [1.54, 1.807) is 6.07 Å². The van der Waals surface area contributed by atoms with E-state index in [2.05, 4.69) is 10.3 Å². The lowest BCUT2D eigenvalue weighted by Crippen LogP contribution is -2.05. The van der Waals surface area contributed by atoms with Crippen molar-refractivity contribution in [3.05, 3.63) is 16.1 Å². The molecule has 0 bridgehead atoms. The SMILES string of the molecule is Nc1nc(NCCCCCCO)c(Cl)cc1Cl. The molecular formula is C11H17Cl2N3O. The van der Waals surface area contributed by atoms with Gasteiger partial charge in [-0.2, -0.15) is 0 Å². The van der Waals surface area contributed by atoms with Gasteiger partial charge in [0.25, 0.3) is 0 Å². The fourth-order valence-electron chi connectivity index (χ4n) is 1.40. The first-order valence-electron chi connectivity index (χ1n) is 5.61. The minimum Gasteiger partial charge on any atom is -0.396 e. The van der Waals surface area contributed by atoms with E-state index in [-0.39, 0.29) is 12.4 Å². The lowest BCUT2D eigenvalue weighted by molar-refractivity contribution is 0.283. The van der Waals surface area contributed by atoms with E-state index >= 15 is 0 Å². The molecule has 1 aromatic rings. The summed E-state index contributed by atoms with van der Waals surface area (Å²) >= 11 is 11.7. The Morgan fingerprint density at radius 2 is 1.88 bits per heavy atom. The molecular weight excluding hydrogens is 261 g/mol. The van der Waals surface area contributed by atoms with Crippen LogP contribution in [0.5, 0.6) is 0 Å². The summed E-state index contributed by atoms with van der Waals surface area (Å²) in [6.07, 6.45) is 3.95. The van der Waals surface area contributed by atoms with E-state index in [1.165, 1.54) is 0 Å². The molecule has 1 heterocycles. The zero-order valence-electron chi connectivity index (χ0n) is 9.55. The van der Waals surface area contributed by atoms with Crippen molar-refractivity contribution in [3.8, 4) is 0 Å². The van der Waals surface area contributed by atoms with Crippen molar-refractivity contribution in [1.82, 2.24) is 4.98 Å². The average molecular weight is 278 g/mol. The lowest BCUT2D eigenvalue weighted by atomic mass is 10.2. The highest BCUT2D eigenvalue weighted by molar-refractivity contribution is 6.37. The van der Waals surface area contributed by atoms with Crippen LogP contribution in [-0.4, -0.2) is 23.2 Å². The molecule has 0 aliphatic heterocycles. The summed E-state index contributed by atoms with van der Waals surface area (Å²) in [6.45, 7) is 1.04. The quantitative estimate of drug-likeness (QED) is 0.670. The molecule has 0 saturated carbocycles. The first-order valence-corrected chi connectivity index (χ1v) is 6.37. The fraction of sp³-hybridized carbons (Fsp3) is 0.545. The molecule has 0 atom stereocenters. The van der Waals surface area contributed by atoms with E-state index in [4.69, 9.17) is 34.0 Å². The van der Waals surface area contributed by atoms with Gasteiger partial charge >= 0.3 is 0 Å². The second-order valence-electron chi connectivity index (χ2n) is 3.75. The first-order chi connectivity index (χ1) is 8.15. The van der Waals surface area contributed by atoms with E-state index in [0.717, 1.165) is 32.2 Å². The van der Waals surface area contributed by atoms with Crippen LogP contribution in [0.4, 0.5) is 11.6 Å². The minimum atomic E-state index is 0.258. The number of unbranched alkanes of at least 4 members (excludes halogenated alkanes) is 3. The van der Waals surface area contributed by atoms with Gasteiger partial charge in [-0.3, -0.25) is 0 Å². The summed E-state index contributed by atoms with van der Waals surface area (Å²) in [7, 11) is 0. The Kier molecular flexibility index (Phi) is 6.40. The average Bonchev–Trinajstić information content (AvgIpc) is 2.30. The number of rotatable bonds is 7. The van der Waals surface area contributed by atoms with Gasteiger partial charge in [0.2, 0.25) is 0 Å². The summed E-state index contributed by atoms with van der Waals surface area (Å²) in [5.74, 6) is 0.842. The Bertz CT molecular complexity index is 361. The second kappa shape index (κ2) is 7.58. The number of hydrogen-bond acceptors (Lipinski definition) is 4. The number of nitrogens with zero attached hydrogens (tertiary/aromatic N) is 1. The molecule has 0 saturated heterocycles. The van der Waals surface area contributed by atoms with E-state index in [0.29, 0.717) is 15.9 Å². The predicted octanol–water partition coefficient (Wildman–Crippen LogP) is 2.94. The van der Waals surface area contributed by atoms with Crippen molar-refractivity contribution < 1.29 is 5.11 Å². The largest absolute Gasteiger partial charge is 0.396 e. The van der Waals surface area contributed by atoms with E-state index in [1.807, 2.05) is 0 Å². The number of nitrogens with one attached hydrogen (secondary N) is 1. The summed E-state index contributed by atoms with van der Waals surface area (Å²) < 4.78 is 0. The van der Waals surface area contributed by atoms with Crippen molar-refractivity contribution in [2.45, 2.75) is 25.7 Å². The normalized spacial score (nSPS) is 10.5. The van der Waals surface area contributed by atoms with Crippen LogP contribution in [0.3, 0.4) is 0 Å². The number of halogens is 2. The minimum absolute atomic E-state index is 0.258. The predicted molar refractivity (Wildman–Crippen MR) is 72.7 cm³/mol. The van der Waals surface area contributed by atoms with Crippen LogP contribution in [0.15, 0.2) is 6.07 Å². The third-order valence-electron chi connectivity index (χ3n) is 2.33. The molecule has 0 aliphatic carbocycles. The smallest absolute Gasteiger partial charge is 0.147 e. The zero-order valence-corrected chi connectivity index (χ0v) is 11.1. The number of aliphatic hydroxyl groups excluding tert-OH is 1. The zero-order chi connectivity index (χ0) is 12.7. The monoisotopic (exact) mass is 277 g/mol. The molecule has 0 aromatic carbocycles. The summed E-state index contributed by atoms with van der Waals surface area (Å²) in [6, 6.07) is 1.58. The Morgan fingerprint density at radius 1 is 1.18 bits per heavy atom. The summed E-state index contributed by atoms with van der Waals surface area (Å²) in [5.41, 5.74) is 5.59. The Morgan fingerprint density at radius 3 is 2.59 bits per heavy atom. The molecule has 17 heavy (non-hydrogen) atoms. The Balaban J connectivity index is 2.34. The maximum atomic E-state index is 8.62. The van der Waals surface area contributed by atoms with Crippen molar-refractivity contribution in [3.63, 3.8) is 0 Å². The number of nitrogen functional groups attached to an aromatic ring is 1. The number of nitrogens with two attached hydrogens (primary N) is 1.